The van der Waals surface area contributed by atoms with E-state index in [9.17, 15) is 0 Å². The zero-order valence-electron chi connectivity index (χ0n) is 8.85. The van der Waals surface area contributed by atoms with E-state index in [1.54, 1.807) is 11.8 Å². The van der Waals surface area contributed by atoms with E-state index < -0.39 is 0 Å². The quantitative estimate of drug-likeness (QED) is 0.890. The summed E-state index contributed by atoms with van der Waals surface area (Å²) in [5.41, 5.74) is 7.08. The van der Waals surface area contributed by atoms with E-state index >= 15 is 0 Å². The lowest BCUT2D eigenvalue weighted by Crippen LogP contribution is -2.31. The van der Waals surface area contributed by atoms with Crippen molar-refractivity contribution in [3.63, 3.8) is 0 Å². The Morgan fingerprint density at radius 3 is 2.67 bits per heavy atom. The molecule has 2 unspecified atom stereocenters. The predicted octanol–water partition coefficient (Wildman–Crippen LogP) is 1.00. The second-order valence-electron chi connectivity index (χ2n) is 3.95. The lowest BCUT2D eigenvalue weighted by Gasteiger charge is -2.22. The number of nitrogens with two attached hydrogens (primary N) is 1. The van der Waals surface area contributed by atoms with Gasteiger partial charge in [0.2, 0.25) is 0 Å². The highest BCUT2D eigenvalue weighted by Crippen LogP contribution is 2.39. The van der Waals surface area contributed by atoms with Crippen LogP contribution >= 0.6 is 15.9 Å². The summed E-state index contributed by atoms with van der Waals surface area (Å²) in [5, 5.41) is 7.85. The summed E-state index contributed by atoms with van der Waals surface area (Å²) < 4.78 is 7.86. The first-order valence-electron chi connectivity index (χ1n) is 4.98. The summed E-state index contributed by atoms with van der Waals surface area (Å²) in [7, 11) is 3.55. The van der Waals surface area contributed by atoms with E-state index in [1.807, 2.05) is 7.05 Å². The van der Waals surface area contributed by atoms with Crippen LogP contribution in [0, 0.1) is 5.92 Å². The predicted molar refractivity (Wildman–Crippen MR) is 59.2 cm³/mol. The van der Waals surface area contributed by atoms with Crippen molar-refractivity contribution in [1.29, 1.82) is 0 Å². The topological polar surface area (TPSA) is 66.0 Å². The van der Waals surface area contributed by atoms with Gasteiger partial charge in [-0.05, 0) is 34.7 Å². The third-order valence-electron chi connectivity index (χ3n) is 2.86. The summed E-state index contributed by atoms with van der Waals surface area (Å²) in [5.74, 6) is 0.590. The molecule has 2 N–H and O–H groups in total. The van der Waals surface area contributed by atoms with Gasteiger partial charge in [0.1, 0.15) is 0 Å². The number of rotatable bonds is 4. The second-order valence-corrected chi connectivity index (χ2v) is 4.70. The van der Waals surface area contributed by atoms with Crippen LogP contribution in [0.3, 0.4) is 0 Å². The maximum atomic E-state index is 6.18. The number of aryl methyl sites for hydroxylation is 1. The summed E-state index contributed by atoms with van der Waals surface area (Å²) in [4.78, 5) is 0. The van der Waals surface area contributed by atoms with Gasteiger partial charge in [-0.15, -0.1) is 5.10 Å². The normalized spacial score (nSPS) is 20.3. The SMILES string of the molecule is COC(C1CC1)C(N)c1c(Br)nnn1C. The van der Waals surface area contributed by atoms with E-state index in [4.69, 9.17) is 10.5 Å². The van der Waals surface area contributed by atoms with Gasteiger partial charge in [-0.3, -0.25) is 0 Å². The maximum Gasteiger partial charge on any atom is 0.153 e. The molecule has 15 heavy (non-hydrogen) atoms. The molecular formula is C9H15BrN4O. The highest BCUT2D eigenvalue weighted by atomic mass is 79.9. The number of methoxy groups -OCH3 is 1. The molecule has 1 heterocycles. The number of halogens is 1. The van der Waals surface area contributed by atoms with Crippen molar-refractivity contribution in [2.45, 2.75) is 25.0 Å². The largest absolute Gasteiger partial charge is 0.379 e. The zero-order chi connectivity index (χ0) is 11.0. The Labute approximate surface area is 97.1 Å². The Morgan fingerprint density at radius 1 is 1.60 bits per heavy atom. The summed E-state index contributed by atoms with van der Waals surface area (Å²) in [6.07, 6.45) is 2.48. The van der Waals surface area contributed by atoms with Crippen molar-refractivity contribution in [2.75, 3.05) is 7.11 Å². The fraction of sp³-hybridized carbons (Fsp3) is 0.778. The van der Waals surface area contributed by atoms with Gasteiger partial charge in [-0.2, -0.15) is 0 Å². The molecule has 0 saturated heterocycles. The van der Waals surface area contributed by atoms with Gasteiger partial charge in [0.05, 0.1) is 17.8 Å². The minimum absolute atomic E-state index is 0.0681. The Bertz CT molecular complexity index is 330. The van der Waals surface area contributed by atoms with Gasteiger partial charge in [-0.25, -0.2) is 4.68 Å². The molecule has 0 spiro atoms. The molecule has 0 radical (unpaired) electrons. The molecule has 0 amide bonds. The van der Waals surface area contributed by atoms with Crippen molar-refractivity contribution < 1.29 is 4.74 Å². The second kappa shape index (κ2) is 4.19. The first-order chi connectivity index (χ1) is 7.15. The Kier molecular flexibility index (Phi) is 3.08. The van der Waals surface area contributed by atoms with Crippen LogP contribution in [0.2, 0.25) is 0 Å². The van der Waals surface area contributed by atoms with Gasteiger partial charge >= 0.3 is 0 Å². The molecule has 2 atom stereocenters. The van der Waals surface area contributed by atoms with Gasteiger partial charge in [0.25, 0.3) is 0 Å². The van der Waals surface area contributed by atoms with Gasteiger partial charge in [0, 0.05) is 14.2 Å². The molecule has 1 aromatic heterocycles. The van der Waals surface area contributed by atoms with Crippen LogP contribution in [0.15, 0.2) is 4.60 Å². The van der Waals surface area contributed by atoms with Crippen LogP contribution in [0.4, 0.5) is 0 Å². The van der Waals surface area contributed by atoms with Crippen LogP contribution in [0.1, 0.15) is 24.6 Å². The molecule has 1 aliphatic rings. The van der Waals surface area contributed by atoms with Gasteiger partial charge in [-0.1, -0.05) is 5.21 Å². The lowest BCUT2D eigenvalue weighted by molar-refractivity contribution is 0.0600. The van der Waals surface area contributed by atoms with Crippen molar-refractivity contribution in [3.8, 4) is 0 Å². The average molecular weight is 275 g/mol. The highest BCUT2D eigenvalue weighted by Gasteiger charge is 2.37. The summed E-state index contributed by atoms with van der Waals surface area (Å²) in [6.45, 7) is 0. The molecule has 6 heteroatoms. The third kappa shape index (κ3) is 2.07. The van der Waals surface area contributed by atoms with E-state index in [1.165, 1.54) is 12.8 Å². The minimum Gasteiger partial charge on any atom is -0.379 e. The molecule has 1 saturated carbocycles. The molecular weight excluding hydrogens is 260 g/mol. The van der Waals surface area contributed by atoms with Crippen molar-refractivity contribution in [2.24, 2.45) is 18.7 Å². The molecule has 0 bridgehead atoms. The minimum atomic E-state index is -0.170. The number of ether oxygens (including phenoxy) is 1. The number of hydrogen-bond donors (Lipinski definition) is 1. The van der Waals surface area contributed by atoms with Crippen molar-refractivity contribution in [1.82, 2.24) is 15.0 Å². The van der Waals surface area contributed by atoms with E-state index in [0.717, 1.165) is 5.69 Å². The molecule has 0 aromatic carbocycles. The Hall–Kier alpha value is -0.460. The summed E-state index contributed by atoms with van der Waals surface area (Å²) in [6, 6.07) is -0.170. The monoisotopic (exact) mass is 274 g/mol. The van der Waals surface area contributed by atoms with Gasteiger partial charge in [0.15, 0.2) is 4.60 Å². The first-order valence-corrected chi connectivity index (χ1v) is 5.78. The average Bonchev–Trinajstić information content (AvgIpc) is 2.95. The standard InChI is InChI=1S/C9H15BrN4O/c1-14-7(9(10)12-13-14)6(11)8(15-2)5-3-4-5/h5-6,8H,3-4,11H2,1-2H3. The molecule has 84 valence electrons. The number of nitrogens with zero attached hydrogens (tertiary/aromatic N) is 3. The van der Waals surface area contributed by atoms with Crippen LogP contribution in [-0.2, 0) is 11.8 Å². The molecule has 1 fully saturated rings. The lowest BCUT2D eigenvalue weighted by atomic mass is 10.0. The third-order valence-corrected chi connectivity index (χ3v) is 3.42. The van der Waals surface area contributed by atoms with Crippen molar-refractivity contribution >= 4 is 15.9 Å². The molecule has 1 aliphatic carbocycles. The van der Waals surface area contributed by atoms with Crippen LogP contribution in [-0.4, -0.2) is 28.2 Å². The van der Waals surface area contributed by atoms with Gasteiger partial charge < -0.3 is 10.5 Å². The van der Waals surface area contributed by atoms with Crippen LogP contribution < -0.4 is 5.73 Å². The van der Waals surface area contributed by atoms with Crippen LogP contribution in [0.5, 0.6) is 0 Å². The Morgan fingerprint density at radius 2 is 2.27 bits per heavy atom. The number of aromatic nitrogens is 3. The fourth-order valence-corrected chi connectivity index (χ4v) is 2.50. The molecule has 5 nitrogen and oxygen atoms in total. The van der Waals surface area contributed by atoms with E-state index in [0.29, 0.717) is 10.5 Å². The highest BCUT2D eigenvalue weighted by molar-refractivity contribution is 9.10. The zero-order valence-corrected chi connectivity index (χ0v) is 10.4. The fourth-order valence-electron chi connectivity index (χ4n) is 1.91. The Balaban J connectivity index is 2.21. The molecule has 0 aliphatic heterocycles. The number of hydrogen-bond acceptors (Lipinski definition) is 4. The van der Waals surface area contributed by atoms with E-state index in [-0.39, 0.29) is 12.1 Å². The molecule has 2 rings (SSSR count). The van der Waals surface area contributed by atoms with Crippen LogP contribution in [0.25, 0.3) is 0 Å². The molecule has 1 aromatic rings. The smallest absolute Gasteiger partial charge is 0.153 e. The van der Waals surface area contributed by atoms with Crippen molar-refractivity contribution in [3.05, 3.63) is 10.3 Å². The first kappa shape index (κ1) is 11.0. The van der Waals surface area contributed by atoms with E-state index in [2.05, 4.69) is 26.2 Å². The summed E-state index contributed by atoms with van der Waals surface area (Å²) >= 11 is 3.35. The maximum absolute atomic E-state index is 6.18.